The second-order valence-electron chi connectivity index (χ2n) is 7.16. The summed E-state index contributed by atoms with van der Waals surface area (Å²) in [6.07, 6.45) is 4.94. The predicted molar refractivity (Wildman–Crippen MR) is 77.6 cm³/mol. The van der Waals surface area contributed by atoms with Crippen molar-refractivity contribution in [3.05, 3.63) is 0 Å². The Balaban J connectivity index is 2.99. The van der Waals surface area contributed by atoms with Crippen molar-refractivity contribution in [2.45, 2.75) is 71.2 Å². The molecule has 2 radical (unpaired) electrons. The van der Waals surface area contributed by atoms with Crippen molar-refractivity contribution in [3.63, 3.8) is 0 Å². The summed E-state index contributed by atoms with van der Waals surface area (Å²) in [7, 11) is 8.97. The monoisotopic (exact) mass is 235 g/mol. The molecule has 3 unspecified atom stereocenters. The molecule has 0 bridgehead atoms. The molecule has 1 saturated heterocycles. The fourth-order valence-corrected chi connectivity index (χ4v) is 3.59. The molecule has 0 aromatic rings. The lowest BCUT2D eigenvalue weighted by Crippen LogP contribution is -2.54. The van der Waals surface area contributed by atoms with Gasteiger partial charge in [0.1, 0.15) is 0 Å². The summed E-state index contributed by atoms with van der Waals surface area (Å²) in [6, 6.07) is 0. The van der Waals surface area contributed by atoms with Gasteiger partial charge in [-0.2, -0.15) is 0 Å². The molecule has 0 saturated carbocycles. The van der Waals surface area contributed by atoms with Crippen LogP contribution >= 0.6 is 0 Å². The standard InChI is InChI=1S/C15H30BN/c1-12(2)10-15(5)14(4,16)11-13(3)8-7-9-17(15)6/h12-13H,7-11H2,1-6H3. The quantitative estimate of drug-likeness (QED) is 0.656. The average molecular weight is 235 g/mol. The van der Waals surface area contributed by atoms with E-state index in [1.807, 2.05) is 0 Å². The minimum absolute atomic E-state index is 0.0914. The molecule has 1 nitrogen and oxygen atoms in total. The van der Waals surface area contributed by atoms with Gasteiger partial charge >= 0.3 is 0 Å². The topological polar surface area (TPSA) is 3.24 Å². The maximum atomic E-state index is 6.71. The van der Waals surface area contributed by atoms with Crippen LogP contribution in [0.5, 0.6) is 0 Å². The van der Waals surface area contributed by atoms with Crippen LogP contribution < -0.4 is 0 Å². The molecule has 1 fully saturated rings. The third kappa shape index (κ3) is 3.27. The SMILES string of the molecule is [B]C1(C)CC(C)CCCN(C)C1(C)CC(C)C. The van der Waals surface area contributed by atoms with Crippen LogP contribution in [0.4, 0.5) is 0 Å². The van der Waals surface area contributed by atoms with Gasteiger partial charge in [0.05, 0.1) is 7.85 Å². The summed E-state index contributed by atoms with van der Waals surface area (Å²) in [5, 5.41) is -0.0914. The van der Waals surface area contributed by atoms with E-state index in [9.17, 15) is 0 Å². The summed E-state index contributed by atoms with van der Waals surface area (Å²) < 4.78 is 0. The highest BCUT2D eigenvalue weighted by Crippen LogP contribution is 2.49. The van der Waals surface area contributed by atoms with Crippen LogP contribution in [0.1, 0.15) is 60.3 Å². The minimum Gasteiger partial charge on any atom is -0.301 e. The molecular formula is C15H30BN. The van der Waals surface area contributed by atoms with Crippen molar-refractivity contribution in [2.75, 3.05) is 13.6 Å². The highest BCUT2D eigenvalue weighted by Gasteiger charge is 2.44. The van der Waals surface area contributed by atoms with Crippen LogP contribution in [0.3, 0.4) is 0 Å². The molecule has 0 aromatic carbocycles. The minimum atomic E-state index is -0.0914. The molecule has 1 heterocycles. The van der Waals surface area contributed by atoms with Gasteiger partial charge in [-0.1, -0.05) is 39.4 Å². The Morgan fingerprint density at radius 1 is 1.35 bits per heavy atom. The van der Waals surface area contributed by atoms with Crippen LogP contribution in [0.15, 0.2) is 0 Å². The van der Waals surface area contributed by atoms with Gasteiger partial charge in [-0.05, 0) is 51.6 Å². The number of hydrogen-bond acceptors (Lipinski definition) is 1. The van der Waals surface area contributed by atoms with E-state index in [1.54, 1.807) is 0 Å². The van der Waals surface area contributed by atoms with E-state index in [0.717, 1.165) is 12.3 Å². The molecule has 17 heavy (non-hydrogen) atoms. The zero-order valence-corrected chi connectivity index (χ0v) is 12.7. The Bertz CT molecular complexity index is 249. The van der Waals surface area contributed by atoms with Gasteiger partial charge in [-0.25, -0.2) is 0 Å². The highest BCUT2D eigenvalue weighted by molar-refractivity contribution is 6.16. The second-order valence-corrected chi connectivity index (χ2v) is 7.16. The predicted octanol–water partition coefficient (Wildman–Crippen LogP) is 3.89. The Kier molecular flexibility index (Phi) is 4.74. The summed E-state index contributed by atoms with van der Waals surface area (Å²) in [5.41, 5.74) is 0.121. The lowest BCUT2D eigenvalue weighted by Gasteiger charge is -2.54. The Hall–Kier alpha value is 0.0249. The van der Waals surface area contributed by atoms with Gasteiger partial charge in [0.2, 0.25) is 0 Å². The summed E-state index contributed by atoms with van der Waals surface area (Å²) in [5.74, 6) is 1.45. The molecule has 0 aromatic heterocycles. The van der Waals surface area contributed by atoms with Gasteiger partial charge < -0.3 is 4.90 Å². The van der Waals surface area contributed by atoms with Gasteiger partial charge in [0, 0.05) is 5.54 Å². The third-order valence-electron chi connectivity index (χ3n) is 4.84. The first kappa shape index (κ1) is 15.1. The number of likely N-dealkylation sites (tertiary alicyclic amines) is 1. The molecule has 0 aliphatic carbocycles. The first-order valence-electron chi connectivity index (χ1n) is 7.19. The fourth-order valence-electron chi connectivity index (χ4n) is 3.59. The molecule has 2 heteroatoms. The Morgan fingerprint density at radius 2 is 1.94 bits per heavy atom. The lowest BCUT2D eigenvalue weighted by atomic mass is 9.52. The van der Waals surface area contributed by atoms with Crippen LogP contribution in [-0.2, 0) is 0 Å². The molecule has 0 N–H and O–H groups in total. The lowest BCUT2D eigenvalue weighted by molar-refractivity contribution is 0.0425. The molecule has 98 valence electrons. The zero-order chi connectivity index (χ0) is 13.3. The second kappa shape index (κ2) is 5.34. The summed E-state index contributed by atoms with van der Waals surface area (Å²) in [4.78, 5) is 2.51. The van der Waals surface area contributed by atoms with Crippen molar-refractivity contribution >= 4 is 7.85 Å². The van der Waals surface area contributed by atoms with Crippen molar-refractivity contribution in [1.29, 1.82) is 0 Å². The maximum Gasteiger partial charge on any atom is 0.0767 e. The first-order chi connectivity index (χ1) is 7.69. The van der Waals surface area contributed by atoms with E-state index < -0.39 is 0 Å². The van der Waals surface area contributed by atoms with Gasteiger partial charge in [0.25, 0.3) is 0 Å². The van der Waals surface area contributed by atoms with Crippen molar-refractivity contribution < 1.29 is 0 Å². The molecule has 0 amide bonds. The van der Waals surface area contributed by atoms with Crippen LogP contribution in [0.25, 0.3) is 0 Å². The van der Waals surface area contributed by atoms with E-state index in [2.05, 4.69) is 46.6 Å². The van der Waals surface area contributed by atoms with E-state index in [1.165, 1.54) is 25.8 Å². The van der Waals surface area contributed by atoms with E-state index in [-0.39, 0.29) is 10.9 Å². The number of nitrogens with zero attached hydrogens (tertiary/aromatic N) is 1. The third-order valence-corrected chi connectivity index (χ3v) is 4.84. The molecule has 3 atom stereocenters. The van der Waals surface area contributed by atoms with E-state index >= 15 is 0 Å². The van der Waals surface area contributed by atoms with Crippen LogP contribution in [0.2, 0.25) is 5.31 Å². The van der Waals surface area contributed by atoms with Crippen LogP contribution in [-0.4, -0.2) is 31.9 Å². The summed E-state index contributed by atoms with van der Waals surface area (Å²) >= 11 is 0. The average Bonchev–Trinajstić information content (AvgIpc) is 2.13. The molecule has 1 aliphatic rings. The van der Waals surface area contributed by atoms with Gasteiger partial charge in [-0.15, -0.1) is 0 Å². The summed E-state index contributed by atoms with van der Waals surface area (Å²) in [6.45, 7) is 12.8. The van der Waals surface area contributed by atoms with Crippen molar-refractivity contribution in [1.82, 2.24) is 4.90 Å². The van der Waals surface area contributed by atoms with E-state index in [0.29, 0.717) is 5.92 Å². The molecule has 0 spiro atoms. The van der Waals surface area contributed by atoms with Crippen molar-refractivity contribution in [2.24, 2.45) is 11.8 Å². The first-order valence-corrected chi connectivity index (χ1v) is 7.19. The molecule has 1 rings (SSSR count). The van der Waals surface area contributed by atoms with Gasteiger partial charge in [0.15, 0.2) is 0 Å². The molecular weight excluding hydrogens is 205 g/mol. The van der Waals surface area contributed by atoms with Crippen LogP contribution in [0, 0.1) is 11.8 Å². The largest absolute Gasteiger partial charge is 0.301 e. The molecule has 1 aliphatic heterocycles. The van der Waals surface area contributed by atoms with Crippen molar-refractivity contribution in [3.8, 4) is 0 Å². The smallest absolute Gasteiger partial charge is 0.0767 e. The van der Waals surface area contributed by atoms with E-state index in [4.69, 9.17) is 7.85 Å². The zero-order valence-electron chi connectivity index (χ0n) is 12.7. The van der Waals surface area contributed by atoms with Gasteiger partial charge in [-0.3, -0.25) is 0 Å². The highest BCUT2D eigenvalue weighted by atomic mass is 15.2. The number of hydrogen-bond donors (Lipinski definition) is 0. The normalized spacial score (nSPS) is 41.2. The maximum absolute atomic E-state index is 6.71. The Labute approximate surface area is 110 Å². The number of rotatable bonds is 2. The Morgan fingerprint density at radius 3 is 2.47 bits per heavy atom. The fraction of sp³-hybridized carbons (Fsp3) is 1.00.